The van der Waals surface area contributed by atoms with Crippen LogP contribution >= 0.6 is 0 Å². The molecular weight excluding hydrogens is 312 g/mol. The summed E-state index contributed by atoms with van der Waals surface area (Å²) >= 11 is 0. The van der Waals surface area contributed by atoms with Crippen molar-refractivity contribution in [3.63, 3.8) is 0 Å². The van der Waals surface area contributed by atoms with Gasteiger partial charge in [-0.3, -0.25) is 14.7 Å². The smallest absolute Gasteiger partial charge is 0.251 e. The van der Waals surface area contributed by atoms with Crippen LogP contribution in [0.25, 0.3) is 0 Å². The molecule has 1 unspecified atom stereocenters. The first-order valence-corrected chi connectivity index (χ1v) is 7.99. The third-order valence-electron chi connectivity index (χ3n) is 4.18. The molecule has 24 heavy (non-hydrogen) atoms. The number of benzene rings is 1. The highest BCUT2D eigenvalue weighted by Crippen LogP contribution is 2.17. The highest BCUT2D eigenvalue weighted by molar-refractivity contribution is 5.94. The first kappa shape index (κ1) is 16.5. The lowest BCUT2D eigenvalue weighted by Crippen LogP contribution is -2.47. The molecule has 0 radical (unpaired) electrons. The maximum Gasteiger partial charge on any atom is 0.251 e. The van der Waals surface area contributed by atoms with Gasteiger partial charge in [-0.2, -0.15) is 0 Å². The Morgan fingerprint density at radius 3 is 2.83 bits per heavy atom. The predicted molar refractivity (Wildman–Crippen MR) is 86.4 cm³/mol. The number of carbonyl (C=O) groups excluding carboxylic acids is 1. The summed E-state index contributed by atoms with van der Waals surface area (Å²) in [4.78, 5) is 18.1. The number of hydrogen-bond donors (Lipinski definition) is 1. The minimum Gasteiger partial charge on any atom is -0.348 e. The molecule has 4 nitrogen and oxygen atoms in total. The second-order valence-electron chi connectivity index (χ2n) is 6.02. The first-order chi connectivity index (χ1) is 11.6. The van der Waals surface area contributed by atoms with Gasteiger partial charge < -0.3 is 5.32 Å². The van der Waals surface area contributed by atoms with E-state index in [2.05, 4.69) is 10.3 Å². The molecule has 0 bridgehead atoms. The molecule has 1 amide bonds. The fourth-order valence-corrected chi connectivity index (χ4v) is 2.99. The molecule has 3 rings (SSSR count). The van der Waals surface area contributed by atoms with Gasteiger partial charge in [0.25, 0.3) is 5.91 Å². The summed E-state index contributed by atoms with van der Waals surface area (Å²) in [5.41, 5.74) is 0.911. The zero-order chi connectivity index (χ0) is 16.9. The third kappa shape index (κ3) is 4.14. The second kappa shape index (κ2) is 7.49. The number of halogens is 2. The van der Waals surface area contributed by atoms with Crippen LogP contribution in [0, 0.1) is 11.6 Å². The summed E-state index contributed by atoms with van der Waals surface area (Å²) in [6.45, 7) is 1.76. The summed E-state index contributed by atoms with van der Waals surface area (Å²) in [7, 11) is 0. The standard InChI is InChI=1S/C18H19F2N3O/c19-15-3-4-17(20)14(10-15)11-23-9-1-2-16(12-23)22-18(24)13-5-7-21-8-6-13/h3-8,10,16H,1-2,9,11-12H2,(H,22,24). The Labute approximate surface area is 139 Å². The molecule has 0 saturated carbocycles. The zero-order valence-corrected chi connectivity index (χ0v) is 13.2. The van der Waals surface area contributed by atoms with E-state index in [1.807, 2.05) is 4.90 Å². The van der Waals surface area contributed by atoms with Gasteiger partial charge in [-0.05, 0) is 49.7 Å². The van der Waals surface area contributed by atoms with Crippen LogP contribution in [0.3, 0.4) is 0 Å². The van der Waals surface area contributed by atoms with Crippen LogP contribution < -0.4 is 5.32 Å². The lowest BCUT2D eigenvalue weighted by Gasteiger charge is -2.33. The lowest BCUT2D eigenvalue weighted by molar-refractivity contribution is 0.0900. The topological polar surface area (TPSA) is 45.2 Å². The van der Waals surface area contributed by atoms with E-state index in [9.17, 15) is 13.6 Å². The molecule has 1 atom stereocenters. The van der Waals surface area contributed by atoms with Crippen molar-refractivity contribution in [1.82, 2.24) is 15.2 Å². The summed E-state index contributed by atoms with van der Waals surface area (Å²) in [5, 5.41) is 3.00. The van der Waals surface area contributed by atoms with Gasteiger partial charge >= 0.3 is 0 Å². The number of amides is 1. The average Bonchev–Trinajstić information content (AvgIpc) is 2.59. The van der Waals surface area contributed by atoms with Gasteiger partial charge in [-0.15, -0.1) is 0 Å². The maximum atomic E-state index is 13.8. The van der Waals surface area contributed by atoms with Gasteiger partial charge in [0, 0.05) is 42.7 Å². The Hall–Kier alpha value is -2.34. The Bertz CT molecular complexity index is 709. The van der Waals surface area contributed by atoms with Crippen LogP contribution in [0.15, 0.2) is 42.7 Å². The van der Waals surface area contributed by atoms with E-state index >= 15 is 0 Å². The summed E-state index contributed by atoms with van der Waals surface area (Å²) in [5.74, 6) is -0.980. The molecule has 0 aliphatic carbocycles. The number of rotatable bonds is 4. The molecule has 1 N–H and O–H groups in total. The van der Waals surface area contributed by atoms with Crippen LogP contribution in [0.5, 0.6) is 0 Å². The van der Waals surface area contributed by atoms with Gasteiger partial charge in [0.05, 0.1) is 0 Å². The van der Waals surface area contributed by atoms with E-state index in [0.717, 1.165) is 31.5 Å². The van der Waals surface area contributed by atoms with E-state index in [1.54, 1.807) is 24.5 Å². The molecule has 1 aromatic heterocycles. The number of nitrogens with one attached hydrogen (secondary N) is 1. The molecule has 1 aromatic carbocycles. The number of likely N-dealkylation sites (tertiary alicyclic amines) is 1. The molecule has 6 heteroatoms. The number of nitrogens with zero attached hydrogens (tertiary/aromatic N) is 2. The predicted octanol–water partition coefficient (Wildman–Crippen LogP) is 2.75. The molecule has 1 aliphatic heterocycles. The van der Waals surface area contributed by atoms with Crippen LogP contribution in [-0.4, -0.2) is 34.9 Å². The number of aromatic nitrogens is 1. The fraction of sp³-hybridized carbons (Fsp3) is 0.333. The Morgan fingerprint density at radius 2 is 2.04 bits per heavy atom. The quantitative estimate of drug-likeness (QED) is 0.937. The molecule has 1 fully saturated rings. The van der Waals surface area contributed by atoms with Crippen LogP contribution in [0.1, 0.15) is 28.8 Å². The second-order valence-corrected chi connectivity index (χ2v) is 6.02. The van der Waals surface area contributed by atoms with Crippen molar-refractivity contribution in [3.05, 3.63) is 65.5 Å². The fourth-order valence-electron chi connectivity index (χ4n) is 2.99. The van der Waals surface area contributed by atoms with E-state index in [4.69, 9.17) is 0 Å². The van der Waals surface area contributed by atoms with Crippen molar-refractivity contribution in [1.29, 1.82) is 0 Å². The lowest BCUT2D eigenvalue weighted by atomic mass is 10.0. The van der Waals surface area contributed by atoms with Gasteiger partial charge in [0.2, 0.25) is 0 Å². The highest BCUT2D eigenvalue weighted by atomic mass is 19.1. The van der Waals surface area contributed by atoms with Crippen molar-refractivity contribution in [3.8, 4) is 0 Å². The third-order valence-corrected chi connectivity index (χ3v) is 4.18. The molecule has 2 aromatic rings. The molecular formula is C18H19F2N3O. The number of carbonyl (C=O) groups is 1. The molecule has 1 aliphatic rings. The van der Waals surface area contributed by atoms with Crippen molar-refractivity contribution >= 4 is 5.91 Å². The zero-order valence-electron chi connectivity index (χ0n) is 13.2. The highest BCUT2D eigenvalue weighted by Gasteiger charge is 2.22. The molecule has 2 heterocycles. The van der Waals surface area contributed by atoms with Crippen molar-refractivity contribution in [2.45, 2.75) is 25.4 Å². The number of hydrogen-bond acceptors (Lipinski definition) is 3. The van der Waals surface area contributed by atoms with Crippen LogP contribution in [0.4, 0.5) is 8.78 Å². The van der Waals surface area contributed by atoms with E-state index < -0.39 is 11.6 Å². The monoisotopic (exact) mass is 331 g/mol. The minimum atomic E-state index is -0.439. The normalized spacial score (nSPS) is 18.3. The Morgan fingerprint density at radius 1 is 1.25 bits per heavy atom. The molecule has 126 valence electrons. The van der Waals surface area contributed by atoms with Crippen LogP contribution in [0.2, 0.25) is 0 Å². The molecule has 1 saturated heterocycles. The summed E-state index contributed by atoms with van der Waals surface area (Å²) < 4.78 is 27.1. The van der Waals surface area contributed by atoms with Crippen LogP contribution in [-0.2, 0) is 6.54 Å². The van der Waals surface area contributed by atoms with E-state index in [-0.39, 0.29) is 11.9 Å². The average molecular weight is 331 g/mol. The number of piperidine rings is 1. The first-order valence-electron chi connectivity index (χ1n) is 7.99. The summed E-state index contributed by atoms with van der Waals surface area (Å²) in [6, 6.07) is 6.82. The Kier molecular flexibility index (Phi) is 5.15. The van der Waals surface area contributed by atoms with Gasteiger partial charge in [0.1, 0.15) is 11.6 Å². The van der Waals surface area contributed by atoms with Gasteiger partial charge in [0.15, 0.2) is 0 Å². The van der Waals surface area contributed by atoms with Crippen molar-refractivity contribution in [2.24, 2.45) is 0 Å². The minimum absolute atomic E-state index is 0.00367. The van der Waals surface area contributed by atoms with Gasteiger partial charge in [-0.25, -0.2) is 8.78 Å². The maximum absolute atomic E-state index is 13.8. The largest absolute Gasteiger partial charge is 0.348 e. The van der Waals surface area contributed by atoms with Crippen molar-refractivity contribution < 1.29 is 13.6 Å². The molecule has 0 spiro atoms. The number of pyridine rings is 1. The van der Waals surface area contributed by atoms with E-state index in [1.165, 1.54) is 6.07 Å². The summed E-state index contributed by atoms with van der Waals surface area (Å²) in [6.07, 6.45) is 4.93. The van der Waals surface area contributed by atoms with Crippen molar-refractivity contribution in [2.75, 3.05) is 13.1 Å². The Balaban J connectivity index is 1.60. The van der Waals surface area contributed by atoms with E-state index in [0.29, 0.717) is 24.2 Å². The van der Waals surface area contributed by atoms with Gasteiger partial charge in [-0.1, -0.05) is 0 Å². The SMILES string of the molecule is O=C(NC1CCCN(Cc2cc(F)ccc2F)C1)c1ccncc1.